The first-order chi connectivity index (χ1) is 10.5. The second-order valence-corrected chi connectivity index (χ2v) is 6.51. The molecule has 0 heterocycles. The second-order valence-electron chi connectivity index (χ2n) is 4.80. The van der Waals surface area contributed by atoms with E-state index >= 15 is 0 Å². The van der Waals surface area contributed by atoms with Gasteiger partial charge in [-0.2, -0.15) is 0 Å². The minimum atomic E-state index is -3.60. The standard InChI is InChI=1S/C16H19NO4S/c1-12(13-5-4-6-15(11-13)21-3)17-22(18,19)16-9-7-14(20-2)8-10-16/h4-12,17H,1-3H3. The highest BCUT2D eigenvalue weighted by Gasteiger charge is 2.18. The predicted molar refractivity (Wildman–Crippen MR) is 84.7 cm³/mol. The summed E-state index contributed by atoms with van der Waals surface area (Å²) in [6, 6.07) is 13.2. The number of methoxy groups -OCH3 is 2. The molecule has 0 amide bonds. The van der Waals surface area contributed by atoms with Crippen molar-refractivity contribution >= 4 is 10.0 Å². The zero-order valence-electron chi connectivity index (χ0n) is 12.7. The number of nitrogens with one attached hydrogen (secondary N) is 1. The van der Waals surface area contributed by atoms with Crippen LogP contribution >= 0.6 is 0 Å². The summed E-state index contributed by atoms with van der Waals surface area (Å²) < 4.78 is 37.6. The third kappa shape index (κ3) is 3.78. The van der Waals surface area contributed by atoms with Crippen molar-refractivity contribution in [1.29, 1.82) is 0 Å². The lowest BCUT2D eigenvalue weighted by molar-refractivity contribution is 0.413. The van der Waals surface area contributed by atoms with E-state index in [2.05, 4.69) is 4.72 Å². The lowest BCUT2D eigenvalue weighted by Crippen LogP contribution is -2.26. The Morgan fingerprint density at radius 3 is 2.18 bits per heavy atom. The van der Waals surface area contributed by atoms with Crippen molar-refractivity contribution < 1.29 is 17.9 Å². The van der Waals surface area contributed by atoms with Crippen LogP contribution in [-0.4, -0.2) is 22.6 Å². The van der Waals surface area contributed by atoms with Crippen LogP contribution in [0.4, 0.5) is 0 Å². The molecule has 2 aromatic rings. The minimum absolute atomic E-state index is 0.197. The molecule has 0 aliphatic heterocycles. The maximum atomic E-state index is 12.4. The lowest BCUT2D eigenvalue weighted by atomic mass is 10.1. The van der Waals surface area contributed by atoms with Crippen molar-refractivity contribution in [3.63, 3.8) is 0 Å². The van der Waals surface area contributed by atoms with E-state index in [1.165, 1.54) is 19.2 Å². The van der Waals surface area contributed by atoms with E-state index in [4.69, 9.17) is 9.47 Å². The summed E-state index contributed by atoms with van der Waals surface area (Å²) in [4.78, 5) is 0.197. The van der Waals surface area contributed by atoms with Crippen LogP contribution in [0.25, 0.3) is 0 Å². The highest BCUT2D eigenvalue weighted by atomic mass is 32.2. The summed E-state index contributed by atoms with van der Waals surface area (Å²) >= 11 is 0. The Balaban J connectivity index is 2.19. The first-order valence-electron chi connectivity index (χ1n) is 6.76. The van der Waals surface area contributed by atoms with Crippen LogP contribution in [0.3, 0.4) is 0 Å². The molecule has 6 heteroatoms. The minimum Gasteiger partial charge on any atom is -0.497 e. The van der Waals surface area contributed by atoms with Gasteiger partial charge in [-0.25, -0.2) is 13.1 Å². The Hall–Kier alpha value is -2.05. The molecule has 0 aliphatic carbocycles. The molecule has 1 atom stereocenters. The Labute approximate surface area is 130 Å². The van der Waals surface area contributed by atoms with Crippen LogP contribution in [0.2, 0.25) is 0 Å². The van der Waals surface area contributed by atoms with Gasteiger partial charge < -0.3 is 9.47 Å². The SMILES string of the molecule is COc1ccc(S(=O)(=O)NC(C)c2cccc(OC)c2)cc1. The fraction of sp³-hybridized carbons (Fsp3) is 0.250. The first-order valence-corrected chi connectivity index (χ1v) is 8.25. The van der Waals surface area contributed by atoms with Gasteiger partial charge in [-0.15, -0.1) is 0 Å². The van der Waals surface area contributed by atoms with Gasteiger partial charge in [0.1, 0.15) is 11.5 Å². The summed E-state index contributed by atoms with van der Waals surface area (Å²) in [6.45, 7) is 1.79. The van der Waals surface area contributed by atoms with Gasteiger partial charge in [-0.05, 0) is 48.9 Å². The molecular weight excluding hydrogens is 302 g/mol. The molecule has 118 valence electrons. The van der Waals surface area contributed by atoms with E-state index in [1.807, 2.05) is 18.2 Å². The normalized spacial score (nSPS) is 12.7. The van der Waals surface area contributed by atoms with Gasteiger partial charge >= 0.3 is 0 Å². The molecule has 22 heavy (non-hydrogen) atoms. The average Bonchev–Trinajstić information content (AvgIpc) is 2.54. The molecule has 2 rings (SSSR count). The number of benzene rings is 2. The molecule has 0 aromatic heterocycles. The number of rotatable bonds is 6. The van der Waals surface area contributed by atoms with Crippen molar-refractivity contribution in [3.8, 4) is 11.5 Å². The molecule has 0 spiro atoms. The highest BCUT2D eigenvalue weighted by molar-refractivity contribution is 7.89. The van der Waals surface area contributed by atoms with Crippen LogP contribution in [0.5, 0.6) is 11.5 Å². The zero-order chi connectivity index (χ0) is 16.2. The van der Waals surface area contributed by atoms with Gasteiger partial charge in [-0.3, -0.25) is 0 Å². The smallest absolute Gasteiger partial charge is 0.241 e. The fourth-order valence-electron chi connectivity index (χ4n) is 2.03. The van der Waals surface area contributed by atoms with Crippen LogP contribution in [0, 0.1) is 0 Å². The van der Waals surface area contributed by atoms with Crippen molar-refractivity contribution in [2.75, 3.05) is 14.2 Å². The zero-order valence-corrected chi connectivity index (χ0v) is 13.6. The lowest BCUT2D eigenvalue weighted by Gasteiger charge is -2.15. The first kappa shape index (κ1) is 16.3. The van der Waals surface area contributed by atoms with Crippen molar-refractivity contribution in [2.45, 2.75) is 17.9 Å². The average molecular weight is 321 g/mol. The Morgan fingerprint density at radius 1 is 0.955 bits per heavy atom. The van der Waals surface area contributed by atoms with Gasteiger partial charge in [0.25, 0.3) is 0 Å². The monoisotopic (exact) mass is 321 g/mol. The van der Waals surface area contributed by atoms with Crippen molar-refractivity contribution in [2.24, 2.45) is 0 Å². The molecule has 0 aliphatic rings. The van der Waals surface area contributed by atoms with E-state index in [-0.39, 0.29) is 10.9 Å². The van der Waals surface area contributed by atoms with E-state index in [9.17, 15) is 8.42 Å². The number of ether oxygens (including phenoxy) is 2. The van der Waals surface area contributed by atoms with Crippen molar-refractivity contribution in [1.82, 2.24) is 4.72 Å². The van der Waals surface area contributed by atoms with E-state index in [1.54, 1.807) is 32.2 Å². The maximum Gasteiger partial charge on any atom is 0.241 e. The maximum absolute atomic E-state index is 12.4. The van der Waals surface area contributed by atoms with E-state index < -0.39 is 10.0 Å². The van der Waals surface area contributed by atoms with Crippen LogP contribution in [0.1, 0.15) is 18.5 Å². The predicted octanol–water partition coefficient (Wildman–Crippen LogP) is 2.74. The Kier molecular flexibility index (Phi) is 5.05. The molecule has 0 saturated carbocycles. The molecule has 0 saturated heterocycles. The summed E-state index contributed by atoms with van der Waals surface area (Å²) in [7, 11) is -0.490. The van der Waals surface area contributed by atoms with Crippen LogP contribution in [0.15, 0.2) is 53.4 Å². The molecule has 1 N–H and O–H groups in total. The third-order valence-electron chi connectivity index (χ3n) is 3.30. The van der Waals surface area contributed by atoms with Gasteiger partial charge in [0.2, 0.25) is 10.0 Å². The Bertz CT molecular complexity index is 726. The van der Waals surface area contributed by atoms with Gasteiger partial charge in [0.15, 0.2) is 0 Å². The fourth-order valence-corrected chi connectivity index (χ4v) is 3.27. The number of sulfonamides is 1. The van der Waals surface area contributed by atoms with E-state index in [0.29, 0.717) is 11.5 Å². The molecule has 0 fully saturated rings. The molecule has 1 unspecified atom stereocenters. The third-order valence-corrected chi connectivity index (χ3v) is 4.85. The quantitative estimate of drug-likeness (QED) is 0.888. The van der Waals surface area contributed by atoms with E-state index in [0.717, 1.165) is 5.56 Å². The topological polar surface area (TPSA) is 64.6 Å². The molecule has 2 aromatic carbocycles. The van der Waals surface area contributed by atoms with Gasteiger partial charge in [0, 0.05) is 6.04 Å². The van der Waals surface area contributed by atoms with Crippen molar-refractivity contribution in [3.05, 3.63) is 54.1 Å². The largest absolute Gasteiger partial charge is 0.497 e. The highest BCUT2D eigenvalue weighted by Crippen LogP contribution is 2.22. The molecular formula is C16H19NO4S. The van der Waals surface area contributed by atoms with Gasteiger partial charge in [0.05, 0.1) is 19.1 Å². The molecule has 0 radical (unpaired) electrons. The van der Waals surface area contributed by atoms with Crippen LogP contribution < -0.4 is 14.2 Å². The molecule has 0 bridgehead atoms. The number of hydrogen-bond donors (Lipinski definition) is 1. The Morgan fingerprint density at radius 2 is 1.59 bits per heavy atom. The second kappa shape index (κ2) is 6.81. The van der Waals surface area contributed by atoms with Crippen LogP contribution in [-0.2, 0) is 10.0 Å². The summed E-state index contributed by atoms with van der Waals surface area (Å²) in [6.07, 6.45) is 0. The molecule has 5 nitrogen and oxygen atoms in total. The number of hydrogen-bond acceptors (Lipinski definition) is 4. The summed E-state index contributed by atoms with van der Waals surface area (Å²) in [5.41, 5.74) is 0.830. The van der Waals surface area contributed by atoms with Gasteiger partial charge in [-0.1, -0.05) is 12.1 Å². The summed E-state index contributed by atoms with van der Waals surface area (Å²) in [5.74, 6) is 1.30. The summed E-state index contributed by atoms with van der Waals surface area (Å²) in [5, 5.41) is 0.